The Hall–Kier alpha value is -2.57. The zero-order valence-corrected chi connectivity index (χ0v) is 16.6. The number of nitrogens with zero attached hydrogens (tertiary/aromatic N) is 1. The average molecular weight is 403 g/mol. The third-order valence-corrected chi connectivity index (χ3v) is 4.93. The molecule has 0 fully saturated rings. The number of aryl methyl sites for hydroxylation is 1. The van der Waals surface area contributed by atoms with E-state index in [1.807, 2.05) is 36.6 Å². The summed E-state index contributed by atoms with van der Waals surface area (Å²) >= 11 is 7.54. The van der Waals surface area contributed by atoms with E-state index < -0.39 is 0 Å². The third-order valence-electron chi connectivity index (χ3n) is 3.76. The highest BCUT2D eigenvalue weighted by atomic mass is 35.5. The zero-order chi connectivity index (χ0) is 19.2. The molecule has 0 bridgehead atoms. The van der Waals surface area contributed by atoms with Crippen molar-refractivity contribution in [2.24, 2.45) is 0 Å². The number of methoxy groups -OCH3 is 1. The SMILES string of the molecule is COc1ccc(NC(=O)Cc2csc(COc3ccc(C)cc3)n2)cc1Cl. The van der Waals surface area contributed by atoms with Gasteiger partial charge in [0.2, 0.25) is 5.91 Å². The maximum absolute atomic E-state index is 12.2. The first-order valence-corrected chi connectivity index (χ1v) is 9.55. The minimum atomic E-state index is -0.160. The molecule has 0 aliphatic rings. The lowest BCUT2D eigenvalue weighted by Gasteiger charge is -2.07. The fourth-order valence-corrected chi connectivity index (χ4v) is 3.35. The van der Waals surface area contributed by atoms with E-state index in [4.69, 9.17) is 21.1 Å². The van der Waals surface area contributed by atoms with Crippen LogP contribution in [0.5, 0.6) is 11.5 Å². The second-order valence-corrected chi connectivity index (χ2v) is 7.26. The van der Waals surface area contributed by atoms with Gasteiger partial charge < -0.3 is 14.8 Å². The van der Waals surface area contributed by atoms with Crippen LogP contribution in [0.2, 0.25) is 5.02 Å². The molecule has 0 unspecified atom stereocenters. The molecule has 3 rings (SSSR count). The molecule has 0 saturated heterocycles. The number of ether oxygens (including phenoxy) is 2. The molecule has 2 aromatic carbocycles. The highest BCUT2D eigenvalue weighted by Crippen LogP contribution is 2.27. The number of nitrogens with one attached hydrogen (secondary N) is 1. The summed E-state index contributed by atoms with van der Waals surface area (Å²) in [6.07, 6.45) is 0.185. The molecule has 0 spiro atoms. The fourth-order valence-electron chi connectivity index (χ4n) is 2.39. The number of rotatable bonds is 7. The molecule has 0 saturated carbocycles. The number of benzene rings is 2. The zero-order valence-electron chi connectivity index (χ0n) is 15.0. The molecule has 1 amide bonds. The first-order valence-electron chi connectivity index (χ1n) is 8.29. The average Bonchev–Trinajstić information content (AvgIpc) is 3.08. The number of aromatic nitrogens is 1. The molecule has 0 aliphatic carbocycles. The van der Waals surface area contributed by atoms with Crippen molar-refractivity contribution in [1.82, 2.24) is 4.98 Å². The first kappa shape index (κ1) is 19.2. The van der Waals surface area contributed by atoms with Crippen molar-refractivity contribution in [1.29, 1.82) is 0 Å². The van der Waals surface area contributed by atoms with Gasteiger partial charge in [0.25, 0.3) is 0 Å². The minimum absolute atomic E-state index is 0.160. The number of thiazole rings is 1. The van der Waals surface area contributed by atoms with Gasteiger partial charge in [-0.15, -0.1) is 11.3 Å². The number of carbonyl (C=O) groups is 1. The molecule has 1 heterocycles. The molecule has 0 aliphatic heterocycles. The monoisotopic (exact) mass is 402 g/mol. The molecule has 3 aromatic rings. The van der Waals surface area contributed by atoms with E-state index in [0.717, 1.165) is 10.8 Å². The summed E-state index contributed by atoms with van der Waals surface area (Å²) in [6.45, 7) is 2.41. The van der Waals surface area contributed by atoms with Crippen molar-refractivity contribution in [2.75, 3.05) is 12.4 Å². The normalized spacial score (nSPS) is 10.5. The largest absolute Gasteiger partial charge is 0.495 e. The summed E-state index contributed by atoms with van der Waals surface area (Å²) in [5.74, 6) is 1.20. The van der Waals surface area contributed by atoms with Crippen LogP contribution in [-0.2, 0) is 17.8 Å². The van der Waals surface area contributed by atoms with Gasteiger partial charge in [0.05, 0.1) is 24.2 Å². The van der Waals surface area contributed by atoms with Crippen LogP contribution in [0.1, 0.15) is 16.3 Å². The van der Waals surface area contributed by atoms with Crippen molar-refractivity contribution in [3.63, 3.8) is 0 Å². The van der Waals surface area contributed by atoms with E-state index in [0.29, 0.717) is 28.8 Å². The molecule has 0 atom stereocenters. The van der Waals surface area contributed by atoms with Crippen molar-refractivity contribution >= 4 is 34.5 Å². The Kier molecular flexibility index (Phi) is 6.32. The summed E-state index contributed by atoms with van der Waals surface area (Å²) in [5, 5.41) is 5.95. The third kappa shape index (κ3) is 5.45. The Labute approximate surface area is 166 Å². The summed E-state index contributed by atoms with van der Waals surface area (Å²) in [6, 6.07) is 13.0. The quantitative estimate of drug-likeness (QED) is 0.612. The lowest BCUT2D eigenvalue weighted by Crippen LogP contribution is -2.14. The lowest BCUT2D eigenvalue weighted by molar-refractivity contribution is -0.115. The molecule has 0 radical (unpaired) electrons. The van der Waals surface area contributed by atoms with Crippen LogP contribution in [0.15, 0.2) is 47.8 Å². The van der Waals surface area contributed by atoms with Gasteiger partial charge in [-0.1, -0.05) is 29.3 Å². The summed E-state index contributed by atoms with van der Waals surface area (Å²) in [5.41, 5.74) is 2.51. The van der Waals surface area contributed by atoms with Gasteiger partial charge in [-0.25, -0.2) is 4.98 Å². The Balaban J connectivity index is 1.53. The second-order valence-electron chi connectivity index (χ2n) is 5.91. The molecule has 7 heteroatoms. The maximum atomic E-state index is 12.2. The van der Waals surface area contributed by atoms with Crippen molar-refractivity contribution in [3.05, 3.63) is 69.1 Å². The number of hydrogen-bond acceptors (Lipinski definition) is 5. The summed E-state index contributed by atoms with van der Waals surface area (Å²) in [4.78, 5) is 16.7. The van der Waals surface area contributed by atoms with Crippen LogP contribution < -0.4 is 14.8 Å². The highest BCUT2D eigenvalue weighted by molar-refractivity contribution is 7.09. The molecule has 5 nitrogen and oxygen atoms in total. The smallest absolute Gasteiger partial charge is 0.230 e. The van der Waals surface area contributed by atoms with Gasteiger partial charge in [-0.2, -0.15) is 0 Å². The Morgan fingerprint density at radius 3 is 2.70 bits per heavy atom. The Bertz CT molecular complexity index is 925. The molecular formula is C20H19ClN2O3S. The van der Waals surface area contributed by atoms with Crippen LogP contribution in [0.3, 0.4) is 0 Å². The van der Waals surface area contributed by atoms with Crippen molar-refractivity contribution < 1.29 is 14.3 Å². The van der Waals surface area contributed by atoms with Crippen LogP contribution in [0.25, 0.3) is 0 Å². The van der Waals surface area contributed by atoms with E-state index >= 15 is 0 Å². The number of hydrogen-bond donors (Lipinski definition) is 1. The van der Waals surface area contributed by atoms with Crippen molar-refractivity contribution in [3.8, 4) is 11.5 Å². The number of halogens is 1. The Morgan fingerprint density at radius 2 is 2.00 bits per heavy atom. The Morgan fingerprint density at radius 1 is 1.22 bits per heavy atom. The lowest BCUT2D eigenvalue weighted by atomic mass is 10.2. The second kappa shape index (κ2) is 8.88. The van der Waals surface area contributed by atoms with E-state index in [-0.39, 0.29) is 12.3 Å². The summed E-state index contributed by atoms with van der Waals surface area (Å²) in [7, 11) is 1.54. The molecule has 140 valence electrons. The fraction of sp³-hybridized carbons (Fsp3) is 0.200. The van der Waals surface area contributed by atoms with E-state index in [1.54, 1.807) is 25.3 Å². The van der Waals surface area contributed by atoms with Crippen LogP contribution in [0.4, 0.5) is 5.69 Å². The van der Waals surface area contributed by atoms with Gasteiger partial charge in [0, 0.05) is 11.1 Å². The van der Waals surface area contributed by atoms with E-state index in [2.05, 4.69) is 10.3 Å². The predicted octanol–water partition coefficient (Wildman–Crippen LogP) is 4.87. The van der Waals surface area contributed by atoms with Crippen LogP contribution >= 0.6 is 22.9 Å². The van der Waals surface area contributed by atoms with Gasteiger partial charge in [-0.05, 0) is 37.3 Å². The number of anilines is 1. The highest BCUT2D eigenvalue weighted by Gasteiger charge is 2.10. The van der Waals surface area contributed by atoms with Gasteiger partial charge in [0.1, 0.15) is 23.1 Å². The van der Waals surface area contributed by atoms with E-state index in [9.17, 15) is 4.79 Å². The molecular weight excluding hydrogens is 384 g/mol. The minimum Gasteiger partial charge on any atom is -0.495 e. The van der Waals surface area contributed by atoms with Crippen LogP contribution in [-0.4, -0.2) is 18.0 Å². The van der Waals surface area contributed by atoms with E-state index in [1.165, 1.54) is 16.9 Å². The van der Waals surface area contributed by atoms with Gasteiger partial charge in [-0.3, -0.25) is 4.79 Å². The van der Waals surface area contributed by atoms with Gasteiger partial charge in [0.15, 0.2) is 0 Å². The molecule has 1 N–H and O–H groups in total. The predicted molar refractivity (Wildman–Crippen MR) is 108 cm³/mol. The topological polar surface area (TPSA) is 60.5 Å². The standard InChI is InChI=1S/C20H19ClN2O3S/c1-13-3-6-16(7-4-13)26-11-20-23-15(12-27-20)10-19(24)22-14-5-8-18(25-2)17(21)9-14/h3-9,12H,10-11H2,1-2H3,(H,22,24). The number of carbonyl (C=O) groups excluding carboxylic acids is 1. The molecule has 1 aromatic heterocycles. The van der Waals surface area contributed by atoms with Gasteiger partial charge >= 0.3 is 0 Å². The molecule has 27 heavy (non-hydrogen) atoms. The number of amides is 1. The van der Waals surface area contributed by atoms with Crippen LogP contribution in [0, 0.1) is 6.92 Å². The first-order chi connectivity index (χ1) is 13.0. The summed E-state index contributed by atoms with van der Waals surface area (Å²) < 4.78 is 10.8. The van der Waals surface area contributed by atoms with Crippen molar-refractivity contribution in [2.45, 2.75) is 20.0 Å². The maximum Gasteiger partial charge on any atom is 0.230 e.